The number of fused-ring (bicyclic) bond motifs is 1. The van der Waals surface area contributed by atoms with Gasteiger partial charge in [0.2, 0.25) is 5.91 Å². The maximum absolute atomic E-state index is 12.0. The van der Waals surface area contributed by atoms with Gasteiger partial charge in [-0.2, -0.15) is 0 Å². The van der Waals surface area contributed by atoms with Crippen molar-refractivity contribution < 1.29 is 34.2 Å². The lowest BCUT2D eigenvalue weighted by Gasteiger charge is -2.42. The molecule has 0 saturated carbocycles. The van der Waals surface area contributed by atoms with Gasteiger partial charge in [0, 0.05) is 32.2 Å². The van der Waals surface area contributed by atoms with Crippen molar-refractivity contribution in [1.29, 1.82) is 0 Å². The molecular formula is C19H26BN3O7. The number of carbonyl (C=O) groups is 2. The molecule has 3 aliphatic rings. The van der Waals surface area contributed by atoms with Crippen LogP contribution in [0.3, 0.4) is 0 Å². The Morgan fingerprint density at radius 1 is 1.37 bits per heavy atom. The van der Waals surface area contributed by atoms with Crippen LogP contribution in [0.25, 0.3) is 0 Å². The van der Waals surface area contributed by atoms with Crippen LogP contribution in [-0.4, -0.2) is 90.1 Å². The van der Waals surface area contributed by atoms with Crippen molar-refractivity contribution in [1.82, 2.24) is 15.5 Å². The SMILES string of the molecule is O=C(O)c1c(OC2CN([C@@H]3CN[C@H](C(=O)NCCO)C3)C2)ccc2c1OB(O)CC2. The topological polar surface area (TPSA) is 141 Å². The van der Waals surface area contributed by atoms with E-state index >= 15 is 0 Å². The van der Waals surface area contributed by atoms with E-state index in [1.165, 1.54) is 0 Å². The Morgan fingerprint density at radius 3 is 2.90 bits per heavy atom. The van der Waals surface area contributed by atoms with Crippen molar-refractivity contribution in [2.24, 2.45) is 0 Å². The Balaban J connectivity index is 1.34. The summed E-state index contributed by atoms with van der Waals surface area (Å²) in [7, 11) is -1.01. The highest BCUT2D eigenvalue weighted by atomic mass is 16.5. The van der Waals surface area contributed by atoms with Crippen LogP contribution in [-0.2, 0) is 11.2 Å². The molecule has 11 heteroatoms. The summed E-state index contributed by atoms with van der Waals surface area (Å²) in [5, 5.41) is 34.1. The number of aryl methyl sites for hydroxylation is 1. The molecule has 0 aromatic heterocycles. The Morgan fingerprint density at radius 2 is 2.17 bits per heavy atom. The van der Waals surface area contributed by atoms with Gasteiger partial charge in [0.15, 0.2) is 0 Å². The molecule has 2 atom stereocenters. The van der Waals surface area contributed by atoms with Crippen LogP contribution in [0.1, 0.15) is 22.3 Å². The summed E-state index contributed by atoms with van der Waals surface area (Å²) in [5.41, 5.74) is 0.704. The lowest BCUT2D eigenvalue weighted by molar-refractivity contribution is -0.123. The first kappa shape index (κ1) is 20.9. The maximum Gasteiger partial charge on any atom is 0.522 e. The number of aliphatic hydroxyl groups is 1. The van der Waals surface area contributed by atoms with Gasteiger partial charge in [0.05, 0.1) is 12.6 Å². The van der Waals surface area contributed by atoms with Gasteiger partial charge in [-0.3, -0.25) is 9.69 Å². The fourth-order valence-electron chi connectivity index (χ4n) is 4.23. The third-order valence-electron chi connectivity index (χ3n) is 5.85. The van der Waals surface area contributed by atoms with Gasteiger partial charge in [-0.25, -0.2) is 4.79 Å². The quantitative estimate of drug-likeness (QED) is 0.341. The van der Waals surface area contributed by atoms with Crippen molar-refractivity contribution in [3.8, 4) is 11.5 Å². The fraction of sp³-hybridized carbons (Fsp3) is 0.579. The van der Waals surface area contributed by atoms with Gasteiger partial charge in [0.1, 0.15) is 23.2 Å². The fourth-order valence-corrected chi connectivity index (χ4v) is 4.23. The van der Waals surface area contributed by atoms with E-state index in [1.807, 2.05) is 0 Å². The Labute approximate surface area is 174 Å². The van der Waals surface area contributed by atoms with Crippen molar-refractivity contribution in [3.05, 3.63) is 23.3 Å². The summed E-state index contributed by atoms with van der Waals surface area (Å²) in [4.78, 5) is 26.0. The van der Waals surface area contributed by atoms with E-state index < -0.39 is 13.1 Å². The number of aromatic carboxylic acids is 1. The summed E-state index contributed by atoms with van der Waals surface area (Å²) < 4.78 is 11.3. The summed E-state index contributed by atoms with van der Waals surface area (Å²) in [6, 6.07) is 3.38. The molecule has 4 rings (SSSR count). The normalized spacial score (nSPS) is 24.0. The smallest absolute Gasteiger partial charge is 0.522 e. The number of aliphatic hydroxyl groups excluding tert-OH is 1. The Bertz CT molecular complexity index is 818. The average molecular weight is 419 g/mol. The van der Waals surface area contributed by atoms with Gasteiger partial charge in [0.25, 0.3) is 0 Å². The molecule has 162 valence electrons. The molecule has 0 bridgehead atoms. The highest BCUT2D eigenvalue weighted by molar-refractivity contribution is 6.44. The molecule has 30 heavy (non-hydrogen) atoms. The Kier molecular flexibility index (Phi) is 6.14. The van der Waals surface area contributed by atoms with Crippen molar-refractivity contribution in [3.63, 3.8) is 0 Å². The van der Waals surface area contributed by atoms with Crippen LogP contribution in [0.4, 0.5) is 0 Å². The van der Waals surface area contributed by atoms with Crippen LogP contribution in [0.15, 0.2) is 12.1 Å². The minimum atomic E-state index is -1.15. The number of carbonyl (C=O) groups excluding carboxylic acids is 1. The van der Waals surface area contributed by atoms with Crippen LogP contribution in [0, 0.1) is 0 Å². The number of hydrogen-bond donors (Lipinski definition) is 5. The number of hydrogen-bond acceptors (Lipinski definition) is 8. The summed E-state index contributed by atoms with van der Waals surface area (Å²) >= 11 is 0. The first-order valence-electron chi connectivity index (χ1n) is 10.2. The minimum absolute atomic E-state index is 0.0483. The number of carboxylic acids is 1. The van der Waals surface area contributed by atoms with E-state index in [2.05, 4.69) is 15.5 Å². The molecule has 3 aliphatic heterocycles. The maximum atomic E-state index is 12.0. The monoisotopic (exact) mass is 419 g/mol. The number of ether oxygens (including phenoxy) is 1. The van der Waals surface area contributed by atoms with E-state index in [9.17, 15) is 19.7 Å². The highest BCUT2D eigenvalue weighted by Crippen LogP contribution is 2.37. The van der Waals surface area contributed by atoms with Gasteiger partial charge >= 0.3 is 13.1 Å². The number of benzene rings is 1. The predicted octanol–water partition coefficient (Wildman–Crippen LogP) is -1.30. The van der Waals surface area contributed by atoms with E-state index in [-0.39, 0.29) is 54.3 Å². The average Bonchev–Trinajstić information content (AvgIpc) is 3.17. The lowest BCUT2D eigenvalue weighted by Crippen LogP contribution is -2.58. The third-order valence-corrected chi connectivity index (χ3v) is 5.85. The second-order valence-electron chi connectivity index (χ2n) is 7.90. The number of likely N-dealkylation sites (tertiary alicyclic amines) is 1. The van der Waals surface area contributed by atoms with Gasteiger partial charge < -0.3 is 35.3 Å². The first-order chi connectivity index (χ1) is 14.5. The third kappa shape index (κ3) is 4.24. The van der Waals surface area contributed by atoms with Crippen LogP contribution >= 0.6 is 0 Å². The van der Waals surface area contributed by atoms with E-state index in [0.717, 1.165) is 5.56 Å². The minimum Gasteiger partial charge on any atom is -0.535 e. The molecule has 2 saturated heterocycles. The largest absolute Gasteiger partial charge is 0.535 e. The molecule has 5 N–H and O–H groups in total. The van der Waals surface area contributed by atoms with E-state index in [1.54, 1.807) is 12.1 Å². The summed E-state index contributed by atoms with van der Waals surface area (Å²) in [5.74, 6) is -0.830. The van der Waals surface area contributed by atoms with Gasteiger partial charge in [-0.1, -0.05) is 6.07 Å². The molecule has 1 aromatic carbocycles. The highest BCUT2D eigenvalue weighted by Gasteiger charge is 2.40. The predicted molar refractivity (Wildman–Crippen MR) is 107 cm³/mol. The second-order valence-corrected chi connectivity index (χ2v) is 7.90. The van der Waals surface area contributed by atoms with Crippen LogP contribution in [0.5, 0.6) is 11.5 Å². The molecular weight excluding hydrogens is 393 g/mol. The molecule has 3 heterocycles. The molecule has 0 aliphatic carbocycles. The zero-order chi connectivity index (χ0) is 21.3. The first-order valence-corrected chi connectivity index (χ1v) is 10.2. The number of amides is 1. The summed E-state index contributed by atoms with van der Waals surface area (Å²) in [6.45, 7) is 2.12. The molecule has 10 nitrogen and oxygen atoms in total. The number of nitrogens with zero attached hydrogens (tertiary/aromatic N) is 1. The van der Waals surface area contributed by atoms with Crippen LogP contribution in [0.2, 0.25) is 6.32 Å². The van der Waals surface area contributed by atoms with E-state index in [4.69, 9.17) is 14.5 Å². The van der Waals surface area contributed by atoms with Gasteiger partial charge in [-0.05, 0) is 30.8 Å². The number of nitrogens with one attached hydrogen (secondary N) is 2. The lowest BCUT2D eigenvalue weighted by atomic mass is 9.78. The zero-order valence-corrected chi connectivity index (χ0v) is 16.5. The molecule has 1 aromatic rings. The Hall–Kier alpha value is -2.34. The molecule has 0 spiro atoms. The number of carboxylic acid groups (broad SMARTS) is 1. The van der Waals surface area contributed by atoms with E-state index in [0.29, 0.717) is 38.8 Å². The molecule has 0 radical (unpaired) electrons. The zero-order valence-electron chi connectivity index (χ0n) is 16.5. The summed E-state index contributed by atoms with van der Waals surface area (Å²) in [6.07, 6.45) is 1.50. The number of rotatable bonds is 7. The van der Waals surface area contributed by atoms with Crippen molar-refractivity contribution >= 4 is 19.0 Å². The molecule has 0 unspecified atom stereocenters. The second kappa shape index (κ2) is 8.80. The van der Waals surface area contributed by atoms with Crippen LogP contribution < -0.4 is 20.0 Å². The van der Waals surface area contributed by atoms with Gasteiger partial charge in [-0.15, -0.1) is 0 Å². The molecule has 1 amide bonds. The van der Waals surface area contributed by atoms with Crippen molar-refractivity contribution in [2.75, 3.05) is 32.8 Å². The standard InChI is InChI=1S/C19H26BN3O7/c24-6-5-21-18(25)14-7-12(8-22-14)23-9-13(10-23)29-15-2-1-11-3-4-20(28)30-17(11)16(15)19(26)27/h1-2,12-14,22,24,28H,3-10H2,(H,21,25)(H,26,27)/t12-,14-/m0/s1. The van der Waals surface area contributed by atoms with Crippen molar-refractivity contribution in [2.45, 2.75) is 37.3 Å². The molecule has 2 fully saturated rings.